The zero-order valence-electron chi connectivity index (χ0n) is 14.4. The van der Waals surface area contributed by atoms with Gasteiger partial charge in [-0.1, -0.05) is 5.16 Å². The summed E-state index contributed by atoms with van der Waals surface area (Å²) in [7, 11) is 0. The van der Waals surface area contributed by atoms with Crippen LogP contribution in [0.5, 0.6) is 0 Å². The van der Waals surface area contributed by atoms with Gasteiger partial charge in [0.1, 0.15) is 5.82 Å². The van der Waals surface area contributed by atoms with Crippen LogP contribution in [0.4, 0.5) is 11.8 Å². The van der Waals surface area contributed by atoms with Gasteiger partial charge in [0.25, 0.3) is 0 Å². The highest BCUT2D eigenvalue weighted by Crippen LogP contribution is 2.30. The highest BCUT2D eigenvalue weighted by molar-refractivity contribution is 5.54. The van der Waals surface area contributed by atoms with Crippen LogP contribution in [-0.2, 0) is 19.4 Å². The number of nitrogens with zero attached hydrogens (tertiary/aromatic N) is 6. The number of hydrogen-bond acceptors (Lipinski definition) is 9. The molecular formula is C16H23N7O2. The van der Waals surface area contributed by atoms with Crippen LogP contribution in [0.25, 0.3) is 0 Å². The van der Waals surface area contributed by atoms with Gasteiger partial charge in [0, 0.05) is 31.7 Å². The lowest BCUT2D eigenvalue weighted by atomic mass is 10.2. The van der Waals surface area contributed by atoms with Crippen LogP contribution in [0, 0.1) is 6.92 Å². The topological polar surface area (TPSA) is 117 Å². The van der Waals surface area contributed by atoms with Crippen molar-refractivity contribution >= 4 is 11.8 Å². The number of aliphatic hydroxyl groups excluding tert-OH is 1. The smallest absolute Gasteiger partial charge is 0.240 e. The third kappa shape index (κ3) is 3.42. The molecule has 2 aromatic rings. The third-order valence-corrected chi connectivity index (χ3v) is 4.74. The molecule has 3 N–H and O–H groups in total. The molecule has 9 nitrogen and oxygen atoms in total. The van der Waals surface area contributed by atoms with Crippen molar-refractivity contribution in [3.8, 4) is 0 Å². The molecule has 0 bridgehead atoms. The Labute approximate surface area is 145 Å². The van der Waals surface area contributed by atoms with E-state index in [0.717, 1.165) is 43.9 Å². The summed E-state index contributed by atoms with van der Waals surface area (Å²) in [4.78, 5) is 17.3. The van der Waals surface area contributed by atoms with E-state index in [1.807, 2.05) is 0 Å². The zero-order chi connectivity index (χ0) is 17.4. The molecule has 1 aliphatic carbocycles. The predicted octanol–water partition coefficient (Wildman–Crippen LogP) is -0.0780. The highest BCUT2D eigenvalue weighted by Gasteiger charge is 2.27. The van der Waals surface area contributed by atoms with E-state index in [-0.39, 0.29) is 0 Å². The Hall–Kier alpha value is -2.26. The van der Waals surface area contributed by atoms with Gasteiger partial charge in [-0.05, 0) is 26.2 Å². The number of anilines is 2. The molecule has 1 fully saturated rings. The SMILES string of the molecule is Cc1noc(CN2CCN(c3nc(N)nc4c3CCC4)C[C@H](O)C2)n1. The summed E-state index contributed by atoms with van der Waals surface area (Å²) in [5.41, 5.74) is 8.13. The molecule has 1 atom stereocenters. The largest absolute Gasteiger partial charge is 0.390 e. The van der Waals surface area contributed by atoms with Gasteiger partial charge in [0.05, 0.1) is 18.3 Å². The van der Waals surface area contributed by atoms with E-state index < -0.39 is 6.10 Å². The normalized spacial score (nSPS) is 21.4. The number of hydrogen-bond donors (Lipinski definition) is 2. The van der Waals surface area contributed by atoms with E-state index in [1.165, 1.54) is 5.56 Å². The fraction of sp³-hybridized carbons (Fsp3) is 0.625. The van der Waals surface area contributed by atoms with E-state index in [4.69, 9.17) is 10.3 Å². The number of aryl methyl sites for hydroxylation is 2. The number of rotatable bonds is 3. The molecule has 0 saturated carbocycles. The molecule has 0 spiro atoms. The van der Waals surface area contributed by atoms with E-state index in [2.05, 4.69) is 29.9 Å². The lowest BCUT2D eigenvalue weighted by molar-refractivity contribution is 0.122. The minimum atomic E-state index is -0.486. The van der Waals surface area contributed by atoms with Crippen molar-refractivity contribution in [1.82, 2.24) is 25.0 Å². The molecule has 4 rings (SSSR count). The Bertz CT molecular complexity index is 763. The molecule has 1 saturated heterocycles. The Morgan fingerprint density at radius 2 is 2.08 bits per heavy atom. The predicted molar refractivity (Wildman–Crippen MR) is 91.0 cm³/mol. The van der Waals surface area contributed by atoms with Crippen LogP contribution in [-0.4, -0.2) is 62.4 Å². The Balaban J connectivity index is 1.52. The molecule has 2 aromatic heterocycles. The average molecular weight is 345 g/mol. The quantitative estimate of drug-likeness (QED) is 0.787. The van der Waals surface area contributed by atoms with Crippen molar-refractivity contribution in [2.45, 2.75) is 38.8 Å². The Morgan fingerprint density at radius 3 is 2.88 bits per heavy atom. The van der Waals surface area contributed by atoms with Crippen molar-refractivity contribution in [1.29, 1.82) is 0 Å². The summed E-state index contributed by atoms with van der Waals surface area (Å²) in [5.74, 6) is 2.39. The van der Waals surface area contributed by atoms with Crippen molar-refractivity contribution < 1.29 is 9.63 Å². The van der Waals surface area contributed by atoms with Gasteiger partial charge in [-0.15, -0.1) is 0 Å². The molecule has 0 unspecified atom stereocenters. The van der Waals surface area contributed by atoms with E-state index in [0.29, 0.717) is 37.3 Å². The molecule has 0 aromatic carbocycles. The van der Waals surface area contributed by atoms with Crippen LogP contribution >= 0.6 is 0 Å². The first kappa shape index (κ1) is 16.2. The molecule has 9 heteroatoms. The van der Waals surface area contributed by atoms with Crippen molar-refractivity contribution in [3.63, 3.8) is 0 Å². The standard InChI is InChI=1S/C16H23N7O2/c1-10-18-14(25-21-10)9-22-5-6-23(8-11(24)7-22)15-12-3-2-4-13(12)19-16(17)20-15/h11,24H,2-9H2,1H3,(H2,17,19,20)/t11-/m1/s1. The number of nitrogen functional groups attached to an aromatic ring is 1. The first-order valence-electron chi connectivity index (χ1n) is 8.68. The maximum atomic E-state index is 10.5. The number of aliphatic hydroxyl groups is 1. The summed E-state index contributed by atoms with van der Waals surface area (Å²) in [6.07, 6.45) is 2.52. The summed E-state index contributed by atoms with van der Waals surface area (Å²) >= 11 is 0. The highest BCUT2D eigenvalue weighted by atomic mass is 16.5. The molecule has 2 aliphatic rings. The minimum absolute atomic E-state index is 0.313. The fourth-order valence-electron chi connectivity index (χ4n) is 3.68. The van der Waals surface area contributed by atoms with Gasteiger partial charge in [0.2, 0.25) is 11.8 Å². The second-order valence-electron chi connectivity index (χ2n) is 6.75. The van der Waals surface area contributed by atoms with Gasteiger partial charge >= 0.3 is 0 Å². The van der Waals surface area contributed by atoms with Gasteiger partial charge < -0.3 is 20.3 Å². The van der Waals surface area contributed by atoms with Crippen molar-refractivity contribution in [2.24, 2.45) is 0 Å². The van der Waals surface area contributed by atoms with E-state index >= 15 is 0 Å². The molecular weight excluding hydrogens is 322 g/mol. The monoisotopic (exact) mass is 345 g/mol. The molecule has 3 heterocycles. The lowest BCUT2D eigenvalue weighted by Gasteiger charge is -2.25. The van der Waals surface area contributed by atoms with Crippen LogP contribution in [0.1, 0.15) is 29.4 Å². The average Bonchev–Trinajstić information content (AvgIpc) is 3.14. The zero-order valence-corrected chi connectivity index (χ0v) is 14.4. The molecule has 25 heavy (non-hydrogen) atoms. The van der Waals surface area contributed by atoms with Crippen molar-refractivity contribution in [2.75, 3.05) is 36.8 Å². The first-order chi connectivity index (χ1) is 12.1. The van der Waals surface area contributed by atoms with E-state index in [1.54, 1.807) is 6.92 Å². The van der Waals surface area contributed by atoms with Crippen LogP contribution in [0.15, 0.2) is 4.52 Å². The Kier molecular flexibility index (Phi) is 4.26. The number of fused-ring (bicyclic) bond motifs is 1. The fourth-order valence-corrected chi connectivity index (χ4v) is 3.68. The Morgan fingerprint density at radius 1 is 1.20 bits per heavy atom. The summed E-state index contributed by atoms with van der Waals surface area (Å²) < 4.78 is 5.20. The van der Waals surface area contributed by atoms with Crippen LogP contribution in [0.3, 0.4) is 0 Å². The van der Waals surface area contributed by atoms with Crippen LogP contribution in [0.2, 0.25) is 0 Å². The van der Waals surface area contributed by atoms with Gasteiger partial charge in [-0.3, -0.25) is 4.90 Å². The maximum absolute atomic E-state index is 10.5. The number of nitrogens with two attached hydrogens (primary N) is 1. The van der Waals surface area contributed by atoms with Crippen molar-refractivity contribution in [3.05, 3.63) is 23.0 Å². The summed E-state index contributed by atoms with van der Waals surface area (Å²) in [6.45, 7) is 4.95. The van der Waals surface area contributed by atoms with Gasteiger partial charge in [-0.25, -0.2) is 4.98 Å². The number of β-amino-alcohol motifs (C(OH)–C–C–N with tert-alkyl or cyclic N) is 1. The third-order valence-electron chi connectivity index (χ3n) is 4.74. The summed E-state index contributed by atoms with van der Waals surface area (Å²) in [6, 6.07) is 0. The molecule has 0 radical (unpaired) electrons. The molecule has 134 valence electrons. The lowest BCUT2D eigenvalue weighted by Crippen LogP contribution is -2.34. The van der Waals surface area contributed by atoms with Gasteiger partial charge in [0.15, 0.2) is 5.82 Å². The molecule has 0 amide bonds. The first-order valence-corrected chi connectivity index (χ1v) is 8.68. The second kappa shape index (κ2) is 6.57. The minimum Gasteiger partial charge on any atom is -0.390 e. The number of aromatic nitrogens is 4. The van der Waals surface area contributed by atoms with E-state index in [9.17, 15) is 5.11 Å². The maximum Gasteiger partial charge on any atom is 0.240 e. The second-order valence-corrected chi connectivity index (χ2v) is 6.75. The summed E-state index contributed by atoms with van der Waals surface area (Å²) in [5, 5.41) is 14.3. The molecule has 1 aliphatic heterocycles. The van der Waals surface area contributed by atoms with Crippen LogP contribution < -0.4 is 10.6 Å². The van der Waals surface area contributed by atoms with Gasteiger partial charge in [-0.2, -0.15) is 9.97 Å².